The van der Waals surface area contributed by atoms with Crippen molar-refractivity contribution in [1.29, 1.82) is 0 Å². The summed E-state index contributed by atoms with van der Waals surface area (Å²) in [6.45, 7) is 1.95. The maximum atomic E-state index is 12.3. The van der Waals surface area contributed by atoms with E-state index >= 15 is 0 Å². The van der Waals surface area contributed by atoms with E-state index in [-0.39, 0.29) is 11.3 Å². The average molecular weight is 282 g/mol. The third-order valence-electron chi connectivity index (χ3n) is 4.13. The summed E-state index contributed by atoms with van der Waals surface area (Å²) < 4.78 is 0. The van der Waals surface area contributed by atoms with Gasteiger partial charge in [-0.25, -0.2) is 0 Å². The summed E-state index contributed by atoms with van der Waals surface area (Å²) in [5.74, 6) is -0.795. The second-order valence-electron chi connectivity index (χ2n) is 5.69. The van der Waals surface area contributed by atoms with Gasteiger partial charge in [0.15, 0.2) is 5.43 Å². The summed E-state index contributed by atoms with van der Waals surface area (Å²) in [5.41, 5.74) is 7.89. The van der Waals surface area contributed by atoms with Crippen LogP contribution in [0.1, 0.15) is 30.0 Å². The van der Waals surface area contributed by atoms with Crippen molar-refractivity contribution >= 4 is 16.8 Å². The number of carbonyl (C=O) groups is 1. The molecular formula is C17H18N2O2. The molecule has 0 bridgehead atoms. The number of benzene rings is 1. The van der Waals surface area contributed by atoms with Gasteiger partial charge in [-0.15, -0.1) is 0 Å². The predicted molar refractivity (Wildman–Crippen MR) is 83.1 cm³/mol. The third kappa shape index (κ3) is 2.49. The molecule has 0 saturated heterocycles. The molecule has 0 aliphatic heterocycles. The fraction of sp³-hybridized carbons (Fsp3) is 0.294. The minimum absolute atomic E-state index is 0.0704. The Morgan fingerprint density at radius 3 is 2.86 bits per heavy atom. The minimum atomic E-state index is -0.470. The van der Waals surface area contributed by atoms with E-state index in [0.717, 1.165) is 23.9 Å². The number of nitrogens with two attached hydrogens (primary N) is 1. The molecule has 4 nitrogen and oxygen atoms in total. The number of nitrogens with one attached hydrogen (secondary N) is 1. The molecule has 0 spiro atoms. The lowest BCUT2D eigenvalue weighted by molar-refractivity contribution is -0.120. The molecule has 1 amide bonds. The number of aryl methyl sites for hydroxylation is 1. The van der Waals surface area contributed by atoms with Crippen LogP contribution < -0.4 is 11.2 Å². The van der Waals surface area contributed by atoms with Crippen LogP contribution in [0, 0.1) is 12.8 Å². The van der Waals surface area contributed by atoms with Gasteiger partial charge < -0.3 is 10.7 Å². The van der Waals surface area contributed by atoms with E-state index in [2.05, 4.69) is 11.1 Å². The number of amides is 1. The summed E-state index contributed by atoms with van der Waals surface area (Å²) in [5, 5.41) is 0.643. The Labute approximate surface area is 122 Å². The quantitative estimate of drug-likeness (QED) is 0.848. The predicted octanol–water partition coefficient (Wildman–Crippen LogP) is 2.37. The Hall–Kier alpha value is -2.36. The van der Waals surface area contributed by atoms with Crippen molar-refractivity contribution in [2.24, 2.45) is 11.7 Å². The first kappa shape index (κ1) is 13.6. The first-order valence-electron chi connectivity index (χ1n) is 7.16. The maximum absolute atomic E-state index is 12.3. The molecule has 2 aromatic rings. The molecule has 2 atom stereocenters. The second-order valence-corrected chi connectivity index (χ2v) is 5.69. The number of primary amides is 1. The Morgan fingerprint density at radius 2 is 2.19 bits per heavy atom. The number of aromatic nitrogens is 1. The highest BCUT2D eigenvalue weighted by Crippen LogP contribution is 2.32. The van der Waals surface area contributed by atoms with Gasteiger partial charge in [0.25, 0.3) is 0 Å². The number of H-pyrrole nitrogens is 1. The molecule has 3 N–H and O–H groups in total. The number of rotatable bonds is 3. The lowest BCUT2D eigenvalue weighted by Gasteiger charge is -2.19. The lowest BCUT2D eigenvalue weighted by atomic mass is 9.87. The summed E-state index contributed by atoms with van der Waals surface area (Å²) in [6, 6.07) is 7.19. The van der Waals surface area contributed by atoms with Crippen LogP contribution in [0.4, 0.5) is 0 Å². The molecule has 21 heavy (non-hydrogen) atoms. The summed E-state index contributed by atoms with van der Waals surface area (Å²) in [7, 11) is 0. The number of pyridine rings is 1. The maximum Gasteiger partial charge on any atom is 0.227 e. The number of allylic oxidation sites excluding steroid dienone is 2. The summed E-state index contributed by atoms with van der Waals surface area (Å²) >= 11 is 0. The molecule has 1 unspecified atom stereocenters. The zero-order valence-electron chi connectivity index (χ0n) is 11.9. The van der Waals surface area contributed by atoms with E-state index in [9.17, 15) is 9.59 Å². The third-order valence-corrected chi connectivity index (χ3v) is 4.13. The topological polar surface area (TPSA) is 76.0 Å². The van der Waals surface area contributed by atoms with Crippen molar-refractivity contribution in [1.82, 2.24) is 4.98 Å². The lowest BCUT2D eigenvalue weighted by Crippen LogP contribution is -2.28. The van der Waals surface area contributed by atoms with Crippen molar-refractivity contribution in [3.05, 3.63) is 57.9 Å². The van der Waals surface area contributed by atoms with Gasteiger partial charge in [-0.1, -0.05) is 23.8 Å². The fourth-order valence-corrected chi connectivity index (χ4v) is 3.08. The molecule has 108 valence electrons. The number of aromatic amines is 1. The zero-order chi connectivity index (χ0) is 15.0. The Kier molecular flexibility index (Phi) is 3.37. The number of hydrogen-bond donors (Lipinski definition) is 2. The second kappa shape index (κ2) is 5.20. The van der Waals surface area contributed by atoms with Gasteiger partial charge in [-0.2, -0.15) is 0 Å². The van der Waals surface area contributed by atoms with Crippen LogP contribution in [-0.4, -0.2) is 10.9 Å². The van der Waals surface area contributed by atoms with Gasteiger partial charge in [0.1, 0.15) is 0 Å². The van der Waals surface area contributed by atoms with Crippen molar-refractivity contribution in [2.75, 3.05) is 0 Å². The van der Waals surface area contributed by atoms with Gasteiger partial charge in [0.05, 0.1) is 5.92 Å². The number of hydrogen-bond acceptors (Lipinski definition) is 2. The van der Waals surface area contributed by atoms with Crippen LogP contribution in [0.15, 0.2) is 41.2 Å². The molecule has 0 fully saturated rings. The Bertz CT molecular complexity index is 789. The molecular weight excluding hydrogens is 264 g/mol. The SMILES string of the molecule is Cc1ccc2[nH]c([C@H](C(N)=O)C3C=CCC3)cc(=O)c2c1. The smallest absolute Gasteiger partial charge is 0.227 e. The standard InChI is InChI=1S/C17H18N2O2/c1-10-6-7-13-12(8-10)15(20)9-14(19-13)16(17(18)21)11-4-2-3-5-11/h2,4,6-9,11,16H,3,5H2,1H3,(H2,18,21)(H,19,20)/t11?,16-/m1/s1. The van der Waals surface area contributed by atoms with E-state index < -0.39 is 11.8 Å². The van der Waals surface area contributed by atoms with Crippen molar-refractivity contribution in [3.8, 4) is 0 Å². The number of carbonyl (C=O) groups excluding carboxylic acids is 1. The van der Waals surface area contributed by atoms with Gasteiger partial charge in [-0.05, 0) is 37.8 Å². The van der Waals surface area contributed by atoms with Crippen molar-refractivity contribution in [3.63, 3.8) is 0 Å². The summed E-state index contributed by atoms with van der Waals surface area (Å²) in [6.07, 6.45) is 5.92. The van der Waals surface area contributed by atoms with Crippen LogP contribution in [-0.2, 0) is 4.79 Å². The van der Waals surface area contributed by atoms with Crippen LogP contribution in [0.5, 0.6) is 0 Å². The first-order valence-corrected chi connectivity index (χ1v) is 7.16. The molecule has 0 saturated carbocycles. The van der Waals surface area contributed by atoms with Crippen LogP contribution in [0.25, 0.3) is 10.9 Å². The molecule has 0 radical (unpaired) electrons. The van der Waals surface area contributed by atoms with Gasteiger partial charge in [0, 0.05) is 22.7 Å². The molecule has 1 aliphatic rings. The highest BCUT2D eigenvalue weighted by molar-refractivity contribution is 5.84. The van der Waals surface area contributed by atoms with E-state index in [1.54, 1.807) is 0 Å². The van der Waals surface area contributed by atoms with E-state index in [1.165, 1.54) is 6.07 Å². The van der Waals surface area contributed by atoms with Crippen LogP contribution in [0.3, 0.4) is 0 Å². The molecule has 4 heteroatoms. The number of fused-ring (bicyclic) bond motifs is 1. The molecule has 1 aromatic heterocycles. The highest BCUT2D eigenvalue weighted by Gasteiger charge is 2.29. The molecule has 1 aliphatic carbocycles. The van der Waals surface area contributed by atoms with E-state index in [4.69, 9.17) is 5.73 Å². The normalized spacial score (nSPS) is 19.0. The van der Waals surface area contributed by atoms with Gasteiger partial charge in [-0.3, -0.25) is 9.59 Å². The largest absolute Gasteiger partial charge is 0.369 e. The Balaban J connectivity index is 2.14. The zero-order valence-corrected chi connectivity index (χ0v) is 11.9. The average Bonchev–Trinajstić information content (AvgIpc) is 2.93. The van der Waals surface area contributed by atoms with Crippen LogP contribution >= 0.6 is 0 Å². The minimum Gasteiger partial charge on any atom is -0.369 e. The molecule has 1 heterocycles. The highest BCUT2D eigenvalue weighted by atomic mass is 16.1. The van der Waals surface area contributed by atoms with Crippen molar-refractivity contribution < 1.29 is 4.79 Å². The Morgan fingerprint density at radius 1 is 1.38 bits per heavy atom. The van der Waals surface area contributed by atoms with E-state index in [0.29, 0.717) is 11.1 Å². The van der Waals surface area contributed by atoms with Gasteiger partial charge >= 0.3 is 0 Å². The fourth-order valence-electron chi connectivity index (χ4n) is 3.08. The monoisotopic (exact) mass is 282 g/mol. The van der Waals surface area contributed by atoms with E-state index in [1.807, 2.05) is 31.2 Å². The molecule has 3 rings (SSSR count). The summed E-state index contributed by atoms with van der Waals surface area (Å²) in [4.78, 5) is 27.4. The van der Waals surface area contributed by atoms with Crippen LogP contribution in [0.2, 0.25) is 0 Å². The first-order chi connectivity index (χ1) is 10.1. The molecule has 1 aromatic carbocycles. The van der Waals surface area contributed by atoms with Gasteiger partial charge in [0.2, 0.25) is 5.91 Å². The van der Waals surface area contributed by atoms with Crippen molar-refractivity contribution in [2.45, 2.75) is 25.7 Å².